The van der Waals surface area contributed by atoms with Crippen LogP contribution in [0.4, 0.5) is 0 Å². The number of aryl methyl sites for hydroxylation is 1. The molecular weight excluding hydrogens is 308 g/mol. The molecule has 1 atom stereocenters. The SMILES string of the molecule is COc1cc(CN2CCC[C@@H]2c2cc(C)on2)cc(OC)c1OC. The maximum atomic E-state index is 5.45. The van der Waals surface area contributed by atoms with Crippen LogP contribution in [0.5, 0.6) is 17.2 Å². The Labute approximate surface area is 142 Å². The topological polar surface area (TPSA) is 57.0 Å². The van der Waals surface area contributed by atoms with Crippen molar-refractivity contribution < 1.29 is 18.7 Å². The van der Waals surface area contributed by atoms with Crippen LogP contribution >= 0.6 is 0 Å². The van der Waals surface area contributed by atoms with E-state index in [0.717, 1.165) is 42.9 Å². The summed E-state index contributed by atoms with van der Waals surface area (Å²) in [6.07, 6.45) is 2.25. The third-order valence-electron chi connectivity index (χ3n) is 4.46. The molecule has 0 radical (unpaired) electrons. The normalized spacial score (nSPS) is 17.9. The molecule has 0 amide bonds. The molecule has 3 rings (SSSR count). The van der Waals surface area contributed by atoms with Crippen molar-refractivity contribution in [2.75, 3.05) is 27.9 Å². The lowest BCUT2D eigenvalue weighted by atomic mass is 10.1. The first-order valence-corrected chi connectivity index (χ1v) is 8.12. The molecule has 1 aromatic heterocycles. The Morgan fingerprint density at radius 1 is 1.12 bits per heavy atom. The molecule has 1 fully saturated rings. The first kappa shape index (κ1) is 16.6. The fraction of sp³-hybridized carbons (Fsp3) is 0.500. The average Bonchev–Trinajstić information content (AvgIpc) is 3.22. The smallest absolute Gasteiger partial charge is 0.203 e. The van der Waals surface area contributed by atoms with Gasteiger partial charge in [-0.05, 0) is 44.0 Å². The molecule has 6 nitrogen and oxygen atoms in total. The van der Waals surface area contributed by atoms with Crippen LogP contribution in [0.25, 0.3) is 0 Å². The number of rotatable bonds is 6. The zero-order valence-corrected chi connectivity index (χ0v) is 14.7. The van der Waals surface area contributed by atoms with E-state index in [1.165, 1.54) is 0 Å². The van der Waals surface area contributed by atoms with Gasteiger partial charge < -0.3 is 18.7 Å². The number of ether oxygens (including phenoxy) is 3. The maximum absolute atomic E-state index is 5.45. The van der Waals surface area contributed by atoms with Crippen LogP contribution in [0.1, 0.15) is 35.9 Å². The highest BCUT2D eigenvalue weighted by atomic mass is 16.5. The van der Waals surface area contributed by atoms with Gasteiger partial charge in [-0.25, -0.2) is 0 Å². The molecule has 1 aliphatic rings. The predicted molar refractivity (Wildman–Crippen MR) is 89.7 cm³/mol. The van der Waals surface area contributed by atoms with E-state index in [1.807, 2.05) is 25.1 Å². The molecule has 130 valence electrons. The largest absolute Gasteiger partial charge is 0.493 e. The van der Waals surface area contributed by atoms with Gasteiger partial charge in [-0.2, -0.15) is 0 Å². The summed E-state index contributed by atoms with van der Waals surface area (Å²) in [5.41, 5.74) is 2.13. The van der Waals surface area contributed by atoms with Gasteiger partial charge in [0, 0.05) is 12.6 Å². The van der Waals surface area contributed by atoms with Crippen LogP contribution in [-0.2, 0) is 6.54 Å². The standard InChI is InChI=1S/C18H24N2O4/c1-12-8-14(19-24-12)15-6-5-7-20(15)11-13-9-16(21-2)18(23-4)17(10-13)22-3/h8-10,15H,5-7,11H2,1-4H3/t15-/m1/s1. The minimum atomic E-state index is 0.293. The van der Waals surface area contributed by atoms with Crippen LogP contribution in [0.15, 0.2) is 22.7 Å². The summed E-state index contributed by atoms with van der Waals surface area (Å²) >= 11 is 0. The van der Waals surface area contributed by atoms with Crippen molar-refractivity contribution in [3.05, 3.63) is 35.2 Å². The van der Waals surface area contributed by atoms with Crippen molar-refractivity contribution in [2.45, 2.75) is 32.4 Å². The molecule has 0 N–H and O–H groups in total. The lowest BCUT2D eigenvalue weighted by molar-refractivity contribution is 0.235. The van der Waals surface area contributed by atoms with Gasteiger partial charge in [0.25, 0.3) is 0 Å². The van der Waals surface area contributed by atoms with E-state index in [9.17, 15) is 0 Å². The maximum Gasteiger partial charge on any atom is 0.203 e. The second-order valence-corrected chi connectivity index (χ2v) is 6.02. The summed E-state index contributed by atoms with van der Waals surface area (Å²) < 4.78 is 21.5. The lowest BCUT2D eigenvalue weighted by Crippen LogP contribution is -2.23. The third kappa shape index (κ3) is 3.19. The second kappa shape index (κ2) is 7.13. The van der Waals surface area contributed by atoms with Gasteiger partial charge in [-0.3, -0.25) is 4.90 Å². The Balaban J connectivity index is 1.84. The Hall–Kier alpha value is -2.21. The molecule has 24 heavy (non-hydrogen) atoms. The zero-order chi connectivity index (χ0) is 17.1. The highest BCUT2D eigenvalue weighted by Crippen LogP contribution is 2.40. The third-order valence-corrected chi connectivity index (χ3v) is 4.46. The van der Waals surface area contributed by atoms with E-state index < -0.39 is 0 Å². The summed E-state index contributed by atoms with van der Waals surface area (Å²) in [6, 6.07) is 6.33. The van der Waals surface area contributed by atoms with Crippen LogP contribution < -0.4 is 14.2 Å². The summed E-state index contributed by atoms with van der Waals surface area (Å²) in [5, 5.41) is 4.20. The highest BCUT2D eigenvalue weighted by Gasteiger charge is 2.29. The van der Waals surface area contributed by atoms with Crippen LogP contribution in [0.2, 0.25) is 0 Å². The first-order chi connectivity index (χ1) is 11.7. The second-order valence-electron chi connectivity index (χ2n) is 6.02. The molecule has 1 aromatic carbocycles. The number of hydrogen-bond donors (Lipinski definition) is 0. The van der Waals surface area contributed by atoms with Gasteiger partial charge in [-0.15, -0.1) is 0 Å². The highest BCUT2D eigenvalue weighted by molar-refractivity contribution is 5.53. The van der Waals surface area contributed by atoms with Crippen molar-refractivity contribution in [1.29, 1.82) is 0 Å². The summed E-state index contributed by atoms with van der Waals surface area (Å²) in [5.74, 6) is 2.83. The average molecular weight is 332 g/mol. The van der Waals surface area contributed by atoms with E-state index in [1.54, 1.807) is 21.3 Å². The molecule has 6 heteroatoms. The first-order valence-electron chi connectivity index (χ1n) is 8.12. The summed E-state index contributed by atoms with van der Waals surface area (Å²) in [4.78, 5) is 2.41. The van der Waals surface area contributed by atoms with Crippen molar-refractivity contribution >= 4 is 0 Å². The van der Waals surface area contributed by atoms with E-state index in [0.29, 0.717) is 23.3 Å². The monoisotopic (exact) mass is 332 g/mol. The number of methoxy groups -OCH3 is 3. The molecule has 0 saturated carbocycles. The van der Waals surface area contributed by atoms with Crippen molar-refractivity contribution in [1.82, 2.24) is 10.1 Å². The van der Waals surface area contributed by atoms with Gasteiger partial charge in [0.15, 0.2) is 11.5 Å². The van der Waals surface area contributed by atoms with E-state index >= 15 is 0 Å². The quantitative estimate of drug-likeness (QED) is 0.808. The zero-order valence-electron chi connectivity index (χ0n) is 14.7. The van der Waals surface area contributed by atoms with Gasteiger partial charge in [-0.1, -0.05) is 5.16 Å². The predicted octanol–water partition coefficient (Wildman–Crippen LogP) is 3.35. The van der Waals surface area contributed by atoms with E-state index in [2.05, 4.69) is 10.1 Å². The Morgan fingerprint density at radius 2 is 1.83 bits per heavy atom. The molecule has 0 unspecified atom stereocenters. The van der Waals surface area contributed by atoms with Crippen molar-refractivity contribution in [3.63, 3.8) is 0 Å². The van der Waals surface area contributed by atoms with Gasteiger partial charge in [0.05, 0.1) is 27.4 Å². The number of benzene rings is 1. The molecule has 0 bridgehead atoms. The number of aromatic nitrogens is 1. The Morgan fingerprint density at radius 3 is 2.38 bits per heavy atom. The molecule has 2 heterocycles. The van der Waals surface area contributed by atoms with Crippen LogP contribution in [-0.4, -0.2) is 37.9 Å². The summed E-state index contributed by atoms with van der Waals surface area (Å²) in [7, 11) is 4.89. The van der Waals surface area contributed by atoms with Gasteiger partial charge >= 0.3 is 0 Å². The summed E-state index contributed by atoms with van der Waals surface area (Å²) in [6.45, 7) is 3.76. The minimum absolute atomic E-state index is 0.293. The van der Waals surface area contributed by atoms with E-state index in [-0.39, 0.29) is 0 Å². The molecule has 0 aliphatic carbocycles. The molecule has 1 saturated heterocycles. The number of nitrogens with zero attached hydrogens (tertiary/aromatic N) is 2. The van der Waals surface area contributed by atoms with Gasteiger partial charge in [0.2, 0.25) is 5.75 Å². The minimum Gasteiger partial charge on any atom is -0.493 e. The molecule has 2 aromatic rings. The Kier molecular flexibility index (Phi) is 4.94. The van der Waals surface area contributed by atoms with Crippen molar-refractivity contribution in [2.24, 2.45) is 0 Å². The van der Waals surface area contributed by atoms with Gasteiger partial charge in [0.1, 0.15) is 11.5 Å². The number of hydrogen-bond acceptors (Lipinski definition) is 6. The lowest BCUT2D eigenvalue weighted by Gasteiger charge is -2.23. The van der Waals surface area contributed by atoms with E-state index in [4.69, 9.17) is 18.7 Å². The number of likely N-dealkylation sites (tertiary alicyclic amines) is 1. The Bertz CT molecular complexity index is 673. The van der Waals surface area contributed by atoms with Crippen LogP contribution in [0.3, 0.4) is 0 Å². The van der Waals surface area contributed by atoms with Crippen molar-refractivity contribution in [3.8, 4) is 17.2 Å². The molecular formula is C18H24N2O4. The fourth-order valence-electron chi connectivity index (χ4n) is 3.35. The van der Waals surface area contributed by atoms with Crippen LogP contribution in [0, 0.1) is 6.92 Å². The molecule has 1 aliphatic heterocycles. The fourth-order valence-corrected chi connectivity index (χ4v) is 3.35. The molecule has 0 spiro atoms.